The molecule has 1 aliphatic heterocycles. The molecule has 1 aliphatic rings. The molecule has 74 valence electrons. The normalized spacial score (nSPS) is 31.5. The van der Waals surface area contributed by atoms with Gasteiger partial charge in [-0.3, -0.25) is 0 Å². The summed E-state index contributed by atoms with van der Waals surface area (Å²) in [6.45, 7) is 11.0. The van der Waals surface area contributed by atoms with Crippen LogP contribution in [0.1, 0.15) is 26.7 Å². The Hall–Kier alpha value is -0.570. The number of hydrogen-bond acceptors (Lipinski definition) is 2. The highest BCUT2D eigenvalue weighted by Gasteiger charge is 2.41. The van der Waals surface area contributed by atoms with Crippen LogP contribution in [0.3, 0.4) is 0 Å². The van der Waals surface area contributed by atoms with Crippen molar-refractivity contribution >= 4 is 9.84 Å². The molecule has 0 amide bonds. The molecule has 2 nitrogen and oxygen atoms in total. The molecule has 0 aromatic rings. The molecule has 0 saturated carbocycles. The minimum atomic E-state index is -3.03. The Bertz CT molecular complexity index is 310. The maximum Gasteiger partial charge on any atom is 0.163 e. The van der Waals surface area contributed by atoms with Crippen molar-refractivity contribution in [1.29, 1.82) is 0 Å². The summed E-state index contributed by atoms with van der Waals surface area (Å²) in [7, 11) is -3.03. The van der Waals surface area contributed by atoms with E-state index in [9.17, 15) is 8.42 Å². The van der Waals surface area contributed by atoms with Gasteiger partial charge in [0.05, 0.1) is 10.5 Å². The summed E-state index contributed by atoms with van der Waals surface area (Å²) in [4.78, 5) is 0. The van der Waals surface area contributed by atoms with E-state index < -0.39 is 9.84 Å². The fourth-order valence-corrected chi connectivity index (χ4v) is 4.33. The molecule has 13 heavy (non-hydrogen) atoms. The van der Waals surface area contributed by atoms with Crippen molar-refractivity contribution in [3.05, 3.63) is 24.3 Å². The van der Waals surface area contributed by atoms with Gasteiger partial charge < -0.3 is 0 Å². The molecule has 0 spiro atoms. The first kappa shape index (κ1) is 10.5. The van der Waals surface area contributed by atoms with Crippen molar-refractivity contribution in [2.75, 3.05) is 0 Å². The standard InChI is InChI=1S/C10H16O2S/c1-7(2)9-5-6-10(8(3)4)13(9,11)12/h9-10H,1,3,5-6H2,2,4H3/t9-,10-/m1/s1. The Balaban J connectivity index is 3.03. The zero-order valence-corrected chi connectivity index (χ0v) is 9.02. The van der Waals surface area contributed by atoms with E-state index in [0.29, 0.717) is 12.8 Å². The van der Waals surface area contributed by atoms with Gasteiger partial charge in [-0.25, -0.2) is 8.42 Å². The molecule has 1 saturated heterocycles. The lowest BCUT2D eigenvalue weighted by molar-refractivity contribution is 0.590. The van der Waals surface area contributed by atoms with Gasteiger partial charge in [0.1, 0.15) is 0 Å². The van der Waals surface area contributed by atoms with Gasteiger partial charge in [0.15, 0.2) is 9.84 Å². The number of hydrogen-bond donors (Lipinski definition) is 0. The van der Waals surface area contributed by atoms with Crippen molar-refractivity contribution in [3.8, 4) is 0 Å². The average molecular weight is 200 g/mol. The van der Waals surface area contributed by atoms with Gasteiger partial charge in [0.2, 0.25) is 0 Å². The molecule has 0 bridgehead atoms. The molecule has 0 aliphatic carbocycles. The van der Waals surface area contributed by atoms with Crippen molar-refractivity contribution in [2.24, 2.45) is 0 Å². The maximum absolute atomic E-state index is 11.9. The van der Waals surface area contributed by atoms with Crippen LogP contribution in [0.4, 0.5) is 0 Å². The van der Waals surface area contributed by atoms with E-state index in [2.05, 4.69) is 13.2 Å². The summed E-state index contributed by atoms with van der Waals surface area (Å²) in [6, 6.07) is 0. The molecular formula is C10H16O2S. The Morgan fingerprint density at radius 2 is 1.38 bits per heavy atom. The minimum Gasteiger partial charge on any atom is -0.228 e. The van der Waals surface area contributed by atoms with Crippen LogP contribution < -0.4 is 0 Å². The second-order valence-corrected chi connectivity index (χ2v) is 6.15. The molecule has 1 rings (SSSR count). The predicted octanol–water partition coefficient (Wildman–Crippen LogP) is 2.08. The summed E-state index contributed by atoms with van der Waals surface area (Å²) in [5.74, 6) is 0. The van der Waals surface area contributed by atoms with E-state index in [4.69, 9.17) is 0 Å². The van der Waals surface area contributed by atoms with Crippen LogP contribution in [0.5, 0.6) is 0 Å². The quantitative estimate of drug-likeness (QED) is 0.640. The molecule has 1 heterocycles. The summed E-state index contributed by atoms with van der Waals surface area (Å²) in [5.41, 5.74) is 1.51. The topological polar surface area (TPSA) is 34.1 Å². The molecule has 0 aromatic carbocycles. The van der Waals surface area contributed by atoms with Crippen LogP contribution in [0.25, 0.3) is 0 Å². The van der Waals surface area contributed by atoms with Crippen molar-refractivity contribution in [3.63, 3.8) is 0 Å². The van der Waals surface area contributed by atoms with Gasteiger partial charge in [0.25, 0.3) is 0 Å². The first-order valence-electron chi connectivity index (χ1n) is 4.41. The second-order valence-electron chi connectivity index (χ2n) is 3.84. The third-order valence-electron chi connectivity index (χ3n) is 2.58. The van der Waals surface area contributed by atoms with E-state index in [1.54, 1.807) is 13.8 Å². The highest BCUT2D eigenvalue weighted by Crippen LogP contribution is 2.34. The molecule has 1 fully saturated rings. The SMILES string of the molecule is C=C(C)[C@H]1CC[C@H](C(=C)C)S1(=O)=O. The first-order valence-corrected chi connectivity index (χ1v) is 6.02. The van der Waals surface area contributed by atoms with Gasteiger partial charge in [-0.2, -0.15) is 0 Å². The summed E-state index contributed by atoms with van der Waals surface area (Å²) in [6.07, 6.45) is 1.41. The van der Waals surface area contributed by atoms with Gasteiger partial charge in [-0.15, -0.1) is 0 Å². The van der Waals surface area contributed by atoms with E-state index in [0.717, 1.165) is 11.1 Å². The van der Waals surface area contributed by atoms with Crippen molar-refractivity contribution in [1.82, 2.24) is 0 Å². The molecular weight excluding hydrogens is 184 g/mol. The Morgan fingerprint density at radius 3 is 1.54 bits per heavy atom. The average Bonchev–Trinajstić information content (AvgIpc) is 2.24. The summed E-state index contributed by atoms with van der Waals surface area (Å²) in [5, 5.41) is -0.677. The van der Waals surface area contributed by atoms with Crippen LogP contribution in [0, 0.1) is 0 Å². The number of rotatable bonds is 2. The predicted molar refractivity (Wildman–Crippen MR) is 55.4 cm³/mol. The van der Waals surface area contributed by atoms with Crippen LogP contribution >= 0.6 is 0 Å². The van der Waals surface area contributed by atoms with E-state index >= 15 is 0 Å². The van der Waals surface area contributed by atoms with Crippen LogP contribution in [-0.2, 0) is 9.84 Å². The lowest BCUT2D eigenvalue weighted by Gasteiger charge is -2.12. The van der Waals surface area contributed by atoms with Crippen LogP contribution in [0.15, 0.2) is 24.3 Å². The summed E-state index contributed by atoms with van der Waals surface area (Å²) >= 11 is 0. The molecule has 3 heteroatoms. The highest BCUT2D eigenvalue weighted by molar-refractivity contribution is 7.93. The van der Waals surface area contributed by atoms with Gasteiger partial charge in [-0.1, -0.05) is 24.3 Å². The molecule has 0 aromatic heterocycles. The Labute approximate surface area is 80.3 Å². The maximum atomic E-state index is 11.9. The van der Waals surface area contributed by atoms with Gasteiger partial charge in [0, 0.05) is 0 Å². The van der Waals surface area contributed by atoms with Crippen molar-refractivity contribution in [2.45, 2.75) is 37.2 Å². The fourth-order valence-electron chi connectivity index (χ4n) is 1.88. The monoisotopic (exact) mass is 200 g/mol. The Morgan fingerprint density at radius 1 is 1.08 bits per heavy atom. The third-order valence-corrected chi connectivity index (χ3v) is 5.45. The van der Waals surface area contributed by atoms with E-state index in [-0.39, 0.29) is 10.5 Å². The smallest absolute Gasteiger partial charge is 0.163 e. The van der Waals surface area contributed by atoms with Crippen LogP contribution in [0.2, 0.25) is 0 Å². The number of sulfone groups is 1. The summed E-state index contributed by atoms with van der Waals surface area (Å²) < 4.78 is 23.7. The van der Waals surface area contributed by atoms with E-state index in [1.807, 2.05) is 0 Å². The highest BCUT2D eigenvalue weighted by atomic mass is 32.2. The van der Waals surface area contributed by atoms with Gasteiger partial charge in [-0.05, 0) is 26.7 Å². The molecule has 0 unspecified atom stereocenters. The zero-order chi connectivity index (χ0) is 10.2. The van der Waals surface area contributed by atoms with Gasteiger partial charge >= 0.3 is 0 Å². The van der Waals surface area contributed by atoms with E-state index in [1.165, 1.54) is 0 Å². The third kappa shape index (κ3) is 1.70. The fraction of sp³-hybridized carbons (Fsp3) is 0.600. The zero-order valence-electron chi connectivity index (χ0n) is 8.21. The largest absolute Gasteiger partial charge is 0.228 e. The molecule has 0 N–H and O–H groups in total. The first-order chi connectivity index (χ1) is 5.87. The van der Waals surface area contributed by atoms with Crippen molar-refractivity contribution < 1.29 is 8.42 Å². The Kier molecular flexibility index (Phi) is 2.66. The molecule has 0 radical (unpaired) electrons. The van der Waals surface area contributed by atoms with Crippen LogP contribution in [-0.4, -0.2) is 18.9 Å². The lowest BCUT2D eigenvalue weighted by atomic mass is 10.1. The minimum absolute atomic E-state index is 0.339. The second kappa shape index (κ2) is 3.29. The lowest BCUT2D eigenvalue weighted by Crippen LogP contribution is -2.24. The molecule has 2 atom stereocenters.